The first kappa shape index (κ1) is 16.7. The van der Waals surface area contributed by atoms with Crippen LogP contribution in [0.1, 0.15) is 39.7 Å². The average Bonchev–Trinajstić information content (AvgIpc) is 3.01. The smallest absolute Gasteiger partial charge is 0.331 e. The zero-order valence-corrected chi connectivity index (χ0v) is 13.8. The standard InChI is InChI=1S/C19H20O4/c1-12-10-14(3)17(11-13(12)2)19(21)15(4)23-18(20)8-7-16-6-5-9-22-16/h5-11,15H,1-4H3/b8-7+/t15-/m1/s1. The van der Waals surface area contributed by atoms with Gasteiger partial charge in [-0.15, -0.1) is 0 Å². The van der Waals surface area contributed by atoms with E-state index >= 15 is 0 Å². The molecule has 0 fully saturated rings. The largest absolute Gasteiger partial charge is 0.465 e. The van der Waals surface area contributed by atoms with Crippen molar-refractivity contribution in [2.75, 3.05) is 0 Å². The summed E-state index contributed by atoms with van der Waals surface area (Å²) in [5, 5.41) is 0. The minimum absolute atomic E-state index is 0.203. The molecule has 1 aromatic carbocycles. The van der Waals surface area contributed by atoms with E-state index in [9.17, 15) is 9.59 Å². The second-order valence-electron chi connectivity index (χ2n) is 5.54. The Bertz CT molecular complexity index is 739. The first-order chi connectivity index (χ1) is 10.9. The highest BCUT2D eigenvalue weighted by atomic mass is 16.5. The van der Waals surface area contributed by atoms with Crippen molar-refractivity contribution in [3.63, 3.8) is 0 Å². The van der Waals surface area contributed by atoms with E-state index in [-0.39, 0.29) is 5.78 Å². The van der Waals surface area contributed by atoms with Gasteiger partial charge in [0.05, 0.1) is 6.26 Å². The molecule has 0 bridgehead atoms. The van der Waals surface area contributed by atoms with Gasteiger partial charge in [-0.1, -0.05) is 6.07 Å². The van der Waals surface area contributed by atoms with Gasteiger partial charge in [0, 0.05) is 11.6 Å². The third-order valence-corrected chi connectivity index (χ3v) is 3.70. The monoisotopic (exact) mass is 312 g/mol. The molecule has 1 atom stereocenters. The summed E-state index contributed by atoms with van der Waals surface area (Å²) in [6.45, 7) is 7.41. The van der Waals surface area contributed by atoms with E-state index in [1.807, 2.05) is 32.9 Å². The van der Waals surface area contributed by atoms with Gasteiger partial charge in [-0.05, 0) is 68.7 Å². The van der Waals surface area contributed by atoms with Crippen molar-refractivity contribution in [2.45, 2.75) is 33.8 Å². The molecule has 0 aliphatic carbocycles. The normalized spacial score (nSPS) is 12.3. The van der Waals surface area contributed by atoms with Crippen LogP contribution in [-0.4, -0.2) is 17.9 Å². The van der Waals surface area contributed by atoms with Crippen LogP contribution < -0.4 is 0 Å². The average molecular weight is 312 g/mol. The highest BCUT2D eigenvalue weighted by Crippen LogP contribution is 2.18. The Hall–Kier alpha value is -2.62. The van der Waals surface area contributed by atoms with Gasteiger partial charge >= 0.3 is 5.97 Å². The molecule has 0 amide bonds. The molecule has 23 heavy (non-hydrogen) atoms. The second kappa shape index (κ2) is 7.09. The zero-order valence-electron chi connectivity index (χ0n) is 13.8. The number of benzene rings is 1. The minimum Gasteiger partial charge on any atom is -0.465 e. The molecule has 0 spiro atoms. The number of carbonyl (C=O) groups is 2. The maximum atomic E-state index is 12.5. The fourth-order valence-electron chi connectivity index (χ4n) is 2.25. The number of hydrogen-bond donors (Lipinski definition) is 0. The molecule has 0 aliphatic heterocycles. The summed E-state index contributed by atoms with van der Waals surface area (Å²) in [4.78, 5) is 24.3. The molecule has 0 N–H and O–H groups in total. The number of hydrogen-bond acceptors (Lipinski definition) is 4. The lowest BCUT2D eigenvalue weighted by atomic mass is 9.96. The van der Waals surface area contributed by atoms with Crippen LogP contribution in [0.15, 0.2) is 41.0 Å². The number of esters is 1. The van der Waals surface area contributed by atoms with Crippen LogP contribution in [-0.2, 0) is 9.53 Å². The molecular formula is C19H20O4. The molecule has 0 radical (unpaired) electrons. The second-order valence-corrected chi connectivity index (χ2v) is 5.54. The molecule has 0 saturated heterocycles. The topological polar surface area (TPSA) is 56.5 Å². The Balaban J connectivity index is 2.05. The first-order valence-corrected chi connectivity index (χ1v) is 7.42. The van der Waals surface area contributed by atoms with Crippen LogP contribution in [0.3, 0.4) is 0 Å². The van der Waals surface area contributed by atoms with Crippen LogP contribution in [0.4, 0.5) is 0 Å². The van der Waals surface area contributed by atoms with Crippen molar-refractivity contribution >= 4 is 17.8 Å². The number of rotatable bonds is 5. The quantitative estimate of drug-likeness (QED) is 0.475. The Kier molecular flexibility index (Phi) is 5.16. The number of ether oxygens (including phenoxy) is 1. The number of carbonyl (C=O) groups excluding carboxylic acids is 2. The summed E-state index contributed by atoms with van der Waals surface area (Å²) in [5.41, 5.74) is 3.64. The van der Waals surface area contributed by atoms with Gasteiger partial charge in [-0.25, -0.2) is 4.79 Å². The van der Waals surface area contributed by atoms with E-state index in [1.54, 1.807) is 19.1 Å². The lowest BCUT2D eigenvalue weighted by molar-refractivity contribution is -0.140. The fraction of sp³-hybridized carbons (Fsp3) is 0.263. The number of ketones is 1. The van der Waals surface area contributed by atoms with Gasteiger partial charge in [-0.2, -0.15) is 0 Å². The molecule has 120 valence electrons. The number of aryl methyl sites for hydroxylation is 3. The van der Waals surface area contributed by atoms with Crippen LogP contribution in [0, 0.1) is 20.8 Å². The maximum absolute atomic E-state index is 12.5. The zero-order chi connectivity index (χ0) is 17.0. The predicted octanol–water partition coefficient (Wildman–Crippen LogP) is 4.03. The first-order valence-electron chi connectivity index (χ1n) is 7.42. The molecule has 0 unspecified atom stereocenters. The molecule has 2 rings (SSSR count). The third kappa shape index (κ3) is 4.19. The molecule has 4 nitrogen and oxygen atoms in total. The van der Waals surface area contributed by atoms with Crippen molar-refractivity contribution in [3.8, 4) is 0 Å². The fourth-order valence-corrected chi connectivity index (χ4v) is 2.25. The Morgan fingerprint density at radius 3 is 2.48 bits per heavy atom. The summed E-state index contributed by atoms with van der Waals surface area (Å²) in [6, 6.07) is 7.25. The lowest BCUT2D eigenvalue weighted by Crippen LogP contribution is -2.24. The maximum Gasteiger partial charge on any atom is 0.331 e. The van der Waals surface area contributed by atoms with E-state index < -0.39 is 12.1 Å². The van der Waals surface area contributed by atoms with Gasteiger partial charge in [0.15, 0.2) is 6.10 Å². The van der Waals surface area contributed by atoms with Crippen molar-refractivity contribution in [2.24, 2.45) is 0 Å². The molecular weight excluding hydrogens is 292 g/mol. The highest BCUT2D eigenvalue weighted by molar-refractivity contribution is 6.02. The van der Waals surface area contributed by atoms with E-state index in [2.05, 4.69) is 0 Å². The Morgan fingerprint density at radius 1 is 1.13 bits per heavy atom. The third-order valence-electron chi connectivity index (χ3n) is 3.70. The van der Waals surface area contributed by atoms with Gasteiger partial charge in [0.2, 0.25) is 5.78 Å². The highest BCUT2D eigenvalue weighted by Gasteiger charge is 2.20. The molecule has 1 aromatic heterocycles. The van der Waals surface area contributed by atoms with E-state index in [0.717, 1.165) is 16.7 Å². The van der Waals surface area contributed by atoms with E-state index in [1.165, 1.54) is 18.4 Å². The Labute approximate surface area is 135 Å². The summed E-state index contributed by atoms with van der Waals surface area (Å²) in [6.07, 6.45) is 3.42. The molecule has 4 heteroatoms. The van der Waals surface area contributed by atoms with Gasteiger partial charge in [0.1, 0.15) is 5.76 Å². The SMILES string of the molecule is Cc1cc(C)c(C(=O)[C@@H](C)OC(=O)/C=C/c2ccco2)cc1C. The lowest BCUT2D eigenvalue weighted by Gasteiger charge is -2.14. The van der Waals surface area contributed by atoms with E-state index in [4.69, 9.17) is 9.15 Å². The predicted molar refractivity (Wildman–Crippen MR) is 88.3 cm³/mol. The van der Waals surface area contributed by atoms with E-state index in [0.29, 0.717) is 11.3 Å². The van der Waals surface area contributed by atoms with Crippen molar-refractivity contribution in [1.82, 2.24) is 0 Å². The molecule has 0 saturated carbocycles. The molecule has 1 heterocycles. The van der Waals surface area contributed by atoms with Gasteiger partial charge in [-0.3, -0.25) is 4.79 Å². The minimum atomic E-state index is -0.843. The summed E-state index contributed by atoms with van der Waals surface area (Å²) in [7, 11) is 0. The summed E-state index contributed by atoms with van der Waals surface area (Å²) >= 11 is 0. The van der Waals surface area contributed by atoms with Crippen molar-refractivity contribution in [1.29, 1.82) is 0 Å². The van der Waals surface area contributed by atoms with Gasteiger partial charge in [0.25, 0.3) is 0 Å². The molecule has 2 aromatic rings. The number of furan rings is 1. The van der Waals surface area contributed by atoms with Crippen molar-refractivity contribution in [3.05, 3.63) is 64.6 Å². The van der Waals surface area contributed by atoms with Crippen LogP contribution in [0.2, 0.25) is 0 Å². The summed E-state index contributed by atoms with van der Waals surface area (Å²) in [5.74, 6) is -0.236. The summed E-state index contributed by atoms with van der Waals surface area (Å²) < 4.78 is 10.3. The molecule has 0 aliphatic rings. The van der Waals surface area contributed by atoms with Crippen LogP contribution in [0.5, 0.6) is 0 Å². The van der Waals surface area contributed by atoms with Crippen LogP contribution in [0.25, 0.3) is 6.08 Å². The van der Waals surface area contributed by atoms with Crippen LogP contribution >= 0.6 is 0 Å². The number of Topliss-reactive ketones (excluding diaryl/α,β-unsaturated/α-hetero) is 1. The Morgan fingerprint density at radius 2 is 1.83 bits per heavy atom. The van der Waals surface area contributed by atoms with Gasteiger partial charge < -0.3 is 9.15 Å². The van der Waals surface area contributed by atoms with Crippen molar-refractivity contribution < 1.29 is 18.7 Å².